The molecule has 1 rings (SSSR count). The third-order valence-corrected chi connectivity index (χ3v) is 0.568. The fraction of sp³-hybridized carbons (Fsp3) is 0.667. The predicted octanol–water partition coefficient (Wildman–Crippen LogP) is -0.0905. The van der Waals surface area contributed by atoms with Crippen LogP contribution in [0.3, 0.4) is 0 Å². The van der Waals surface area contributed by atoms with Gasteiger partial charge in [0, 0.05) is 6.54 Å². The highest BCUT2D eigenvalue weighted by Gasteiger charge is 2.06. The summed E-state index contributed by atoms with van der Waals surface area (Å²) in [6, 6.07) is 0. The second kappa shape index (κ2) is 22.0. The first-order valence-corrected chi connectivity index (χ1v) is 15.2. The van der Waals surface area contributed by atoms with E-state index in [0.717, 1.165) is 13.1 Å². The molecule has 0 aromatic heterocycles. The lowest BCUT2D eigenvalue weighted by Crippen LogP contribution is -2.04. The number of nitrogens with one attached hydrogen (secondary N) is 1. The van der Waals surface area contributed by atoms with Gasteiger partial charge < -0.3 is 5.32 Å². The van der Waals surface area contributed by atoms with Crippen molar-refractivity contribution in [2.45, 2.75) is 0 Å². The maximum atomic E-state index is 10.4. The average molecular weight is 670 g/mol. The summed E-state index contributed by atoms with van der Waals surface area (Å²) in [7, 11) is -30.8. The molecule has 0 unspecified atom stereocenters. The minimum atomic E-state index is -5.14. The molecule has 1 heterocycles. The van der Waals surface area contributed by atoms with Crippen LogP contribution in [0.1, 0.15) is 0 Å². The minimum Gasteiger partial charge on any atom is -0.375 e. The van der Waals surface area contributed by atoms with Gasteiger partial charge in [0.1, 0.15) is 0 Å². The molecular weight excluding hydrogens is 652 g/mol. The van der Waals surface area contributed by atoms with E-state index in [-0.39, 0.29) is 0 Å². The summed E-state index contributed by atoms with van der Waals surface area (Å²) >= 11 is 0. The van der Waals surface area contributed by atoms with Crippen LogP contribution in [0.5, 0.6) is 0 Å². The molecule has 20 nitrogen and oxygen atoms in total. The number of rotatable bonds is 0. The lowest BCUT2D eigenvalue weighted by atomic mass is 10.7. The van der Waals surface area contributed by atoms with Crippen LogP contribution in [0.2, 0.25) is 0 Å². The molecule has 0 saturated heterocycles. The van der Waals surface area contributed by atoms with Gasteiger partial charge in [-0.1, -0.05) is 0 Å². The summed E-state index contributed by atoms with van der Waals surface area (Å²) in [6.07, 6.45) is 1.74. The normalized spacial score (nSPS) is 12.9. The summed E-state index contributed by atoms with van der Waals surface area (Å²) < 4.78 is 114. The molecule has 1 aliphatic rings. The van der Waals surface area contributed by atoms with E-state index in [4.69, 9.17) is 86.1 Å². The molecule has 0 spiro atoms. The van der Waals surface area contributed by atoms with Crippen molar-refractivity contribution in [1.82, 2.24) is 5.32 Å². The summed E-state index contributed by atoms with van der Waals surface area (Å²) in [5.74, 6) is 0. The van der Waals surface area contributed by atoms with Crippen LogP contribution >= 0.6 is 47.4 Å². The van der Waals surface area contributed by atoms with E-state index in [1.54, 1.807) is 6.34 Å². The molecule has 0 atom stereocenters. The Morgan fingerprint density at radius 1 is 0.486 bits per heavy atom. The fourth-order valence-electron chi connectivity index (χ4n) is 0.323. The Kier molecular flexibility index (Phi) is 30.2. The molecule has 0 aromatic carbocycles. The molecule has 0 radical (unpaired) electrons. The van der Waals surface area contributed by atoms with E-state index in [9.17, 15) is 25.2 Å². The molecule has 0 saturated carbocycles. The van der Waals surface area contributed by atoms with Crippen molar-refractivity contribution in [3.05, 3.63) is 0 Å². The van der Waals surface area contributed by atoms with Gasteiger partial charge in [0.2, 0.25) is 0 Å². The minimum absolute atomic E-state index is 0.958. The zero-order valence-electron chi connectivity index (χ0n) is 15.7. The molecule has 0 aromatic rings. The number of nitrogens with zero attached hydrogens (tertiary/aromatic N) is 1. The number of halogens is 6. The highest BCUT2D eigenvalue weighted by atomic mass is 31.2. The van der Waals surface area contributed by atoms with E-state index >= 15 is 0 Å². The fourth-order valence-corrected chi connectivity index (χ4v) is 0.323. The second-order valence-electron chi connectivity index (χ2n) is 3.83. The van der Waals surface area contributed by atoms with Crippen LogP contribution in [0, 0.1) is 0 Å². The van der Waals surface area contributed by atoms with Crippen LogP contribution in [0.4, 0.5) is 25.2 Å². The lowest BCUT2D eigenvalue weighted by Gasteiger charge is -1.78. The van der Waals surface area contributed by atoms with Gasteiger partial charge >= 0.3 is 47.4 Å². The number of hydrogen-bond donors (Lipinski definition) is 13. The molecule has 32 heteroatoms. The quantitative estimate of drug-likeness (QED) is 0.118. The number of hydrogen-bond acceptors (Lipinski definition) is 8. The summed E-state index contributed by atoms with van der Waals surface area (Å²) in [5, 5.41) is 2.93. The van der Waals surface area contributed by atoms with Gasteiger partial charge in [0.25, 0.3) is 0 Å². The van der Waals surface area contributed by atoms with Crippen molar-refractivity contribution < 1.29 is 111 Å². The maximum Gasteiger partial charge on any atom is 0.507 e. The van der Waals surface area contributed by atoms with E-state index in [2.05, 4.69) is 10.3 Å². The molecule has 0 amide bonds. The molecule has 0 bridgehead atoms. The van der Waals surface area contributed by atoms with Crippen LogP contribution in [0.25, 0.3) is 0 Å². The molecule has 220 valence electrons. The van der Waals surface area contributed by atoms with Crippen LogP contribution in [0.15, 0.2) is 4.99 Å². The predicted molar refractivity (Wildman–Crippen MR) is 100 cm³/mol. The van der Waals surface area contributed by atoms with Crippen LogP contribution in [-0.4, -0.2) is 78.1 Å². The molecule has 0 fully saturated rings. The topological polar surface area (TPSA) is 370 Å². The third-order valence-electron chi connectivity index (χ3n) is 0.568. The Labute approximate surface area is 189 Å². The van der Waals surface area contributed by atoms with Crippen molar-refractivity contribution in [2.75, 3.05) is 13.1 Å². The Balaban J connectivity index is -0.0000000701. The number of aliphatic imine (C=N–C) groups is 1. The Morgan fingerprint density at radius 3 is 0.657 bits per heavy atom. The maximum absolute atomic E-state index is 10.4. The monoisotopic (exact) mass is 670 g/mol. The first-order valence-electron chi connectivity index (χ1n) is 6.23. The third kappa shape index (κ3) is 1410. The van der Waals surface area contributed by atoms with E-state index in [0.29, 0.717) is 0 Å². The van der Waals surface area contributed by atoms with Crippen molar-refractivity contribution in [2.24, 2.45) is 4.99 Å². The molecule has 35 heavy (non-hydrogen) atoms. The van der Waals surface area contributed by atoms with E-state index in [1.807, 2.05) is 0 Å². The largest absolute Gasteiger partial charge is 0.507 e. The first-order chi connectivity index (χ1) is 14.5. The average Bonchev–Trinajstić information content (AvgIpc) is 2.81. The summed E-state index contributed by atoms with van der Waals surface area (Å²) in [5.41, 5.74) is 0. The first kappa shape index (κ1) is 48.1. The van der Waals surface area contributed by atoms with Gasteiger partial charge in [-0.05, 0) is 0 Å². The van der Waals surface area contributed by atoms with Crippen molar-refractivity contribution in [3.8, 4) is 0 Å². The van der Waals surface area contributed by atoms with E-state index < -0.39 is 47.4 Å². The van der Waals surface area contributed by atoms with Gasteiger partial charge in [-0.3, -0.25) is 63.7 Å². The van der Waals surface area contributed by atoms with E-state index in [1.165, 1.54) is 0 Å². The van der Waals surface area contributed by atoms with Crippen molar-refractivity contribution >= 4 is 53.8 Å². The van der Waals surface area contributed by atoms with Crippen LogP contribution < -0.4 is 5.32 Å². The zero-order valence-corrected chi connectivity index (χ0v) is 21.1. The standard InChI is InChI=1S/C3H6N2.6FH2O3P/c1-2-5-3-4-1;6*1-5(2,3)4/h3H,1-2H2,(H,4,5);6*(H2,2,3,4). The summed E-state index contributed by atoms with van der Waals surface area (Å²) in [4.78, 5) is 87.4. The second-order valence-corrected chi connectivity index (χ2v) is 9.50. The van der Waals surface area contributed by atoms with Gasteiger partial charge in [-0.15, -0.1) is 25.2 Å². The molecular formula is C3H18F6N2O18P6. The van der Waals surface area contributed by atoms with Gasteiger partial charge in [-0.25, -0.2) is 27.4 Å². The Bertz CT molecular complexity index is 608. The van der Waals surface area contributed by atoms with Crippen molar-refractivity contribution in [1.29, 1.82) is 0 Å². The highest BCUT2D eigenvalue weighted by Crippen LogP contribution is 2.37. The van der Waals surface area contributed by atoms with Gasteiger partial charge in [0.15, 0.2) is 0 Å². The highest BCUT2D eigenvalue weighted by molar-refractivity contribution is 7.46. The SMILES string of the molecule is C1=NCCN1.O=P(O)(O)F.O=P(O)(O)F.O=P(O)(O)F.O=P(O)(O)F.O=P(O)(O)F.O=P(O)(O)F. The molecule has 1 aliphatic heterocycles. The van der Waals surface area contributed by atoms with Crippen LogP contribution in [-0.2, 0) is 27.4 Å². The zero-order chi connectivity index (χ0) is 30.5. The molecule has 13 N–H and O–H groups in total. The molecule has 0 aliphatic carbocycles. The van der Waals surface area contributed by atoms with Gasteiger partial charge in [-0.2, -0.15) is 0 Å². The van der Waals surface area contributed by atoms with Gasteiger partial charge in [0.05, 0.1) is 12.9 Å². The van der Waals surface area contributed by atoms with Crippen molar-refractivity contribution in [3.63, 3.8) is 0 Å². The summed E-state index contributed by atoms with van der Waals surface area (Å²) in [6.45, 7) is 1.99. The Hall–Kier alpha value is -0.0500. The lowest BCUT2D eigenvalue weighted by molar-refractivity contribution is 0.320. The smallest absolute Gasteiger partial charge is 0.375 e. The Morgan fingerprint density at radius 2 is 0.629 bits per heavy atom.